The van der Waals surface area contributed by atoms with Gasteiger partial charge in [-0.15, -0.1) is 0 Å². The maximum absolute atomic E-state index is 12.3. The first-order valence-electron chi connectivity index (χ1n) is 8.65. The zero-order valence-electron chi connectivity index (χ0n) is 14.9. The second kappa shape index (κ2) is 6.68. The molecule has 4 N–H and O–H groups in total. The summed E-state index contributed by atoms with van der Waals surface area (Å²) in [4.78, 5) is 17.1. The first kappa shape index (κ1) is 17.0. The molecule has 0 bridgehead atoms. The summed E-state index contributed by atoms with van der Waals surface area (Å²) >= 11 is 0. The number of nitrogens with one attached hydrogen (secondary N) is 2. The van der Waals surface area contributed by atoms with Crippen LogP contribution in [-0.4, -0.2) is 36.2 Å². The summed E-state index contributed by atoms with van der Waals surface area (Å²) in [6.45, 7) is 2.63. The van der Waals surface area contributed by atoms with Crippen LogP contribution in [0.2, 0.25) is 0 Å². The van der Waals surface area contributed by atoms with E-state index in [1.807, 2.05) is 31.2 Å². The molecule has 27 heavy (non-hydrogen) atoms. The second-order valence-corrected chi connectivity index (χ2v) is 6.56. The highest BCUT2D eigenvalue weighted by molar-refractivity contribution is 5.97. The smallest absolute Gasteiger partial charge is 0.414 e. The van der Waals surface area contributed by atoms with Crippen LogP contribution in [0.15, 0.2) is 48.5 Å². The second-order valence-electron chi connectivity index (χ2n) is 6.56. The predicted octanol–water partition coefficient (Wildman–Crippen LogP) is 3.16. The Morgan fingerprint density at radius 2 is 2.15 bits per heavy atom. The van der Waals surface area contributed by atoms with Crippen LogP contribution >= 0.6 is 0 Å². The summed E-state index contributed by atoms with van der Waals surface area (Å²) in [5.74, 6) is 0.712. The van der Waals surface area contributed by atoms with Gasteiger partial charge in [-0.3, -0.25) is 10.3 Å². The van der Waals surface area contributed by atoms with Crippen molar-refractivity contribution in [2.45, 2.75) is 13.0 Å². The van der Waals surface area contributed by atoms with Gasteiger partial charge in [-0.1, -0.05) is 18.2 Å². The quantitative estimate of drug-likeness (QED) is 0.478. The molecule has 1 aliphatic rings. The maximum Gasteiger partial charge on any atom is 0.414 e. The Morgan fingerprint density at radius 3 is 2.96 bits per heavy atom. The molecule has 4 rings (SSSR count). The molecule has 0 aliphatic carbocycles. The van der Waals surface area contributed by atoms with E-state index in [1.165, 1.54) is 4.90 Å². The Bertz CT molecular complexity index is 1030. The van der Waals surface area contributed by atoms with Crippen LogP contribution in [0.25, 0.3) is 10.9 Å². The molecular formula is C20H20N4O3. The van der Waals surface area contributed by atoms with E-state index in [4.69, 9.17) is 20.6 Å². The SMILES string of the molecule is Cc1cc2c(OCC3CN(c4cccc(C(=N)N)c4)C(=O)O3)cccc2[nH]1. The predicted molar refractivity (Wildman–Crippen MR) is 104 cm³/mol. The van der Waals surface area contributed by atoms with Crippen LogP contribution in [0.3, 0.4) is 0 Å². The molecule has 7 heteroatoms. The molecule has 1 fully saturated rings. The number of cyclic esters (lactones) is 1. The number of ether oxygens (including phenoxy) is 2. The van der Waals surface area contributed by atoms with E-state index in [9.17, 15) is 4.79 Å². The molecule has 0 spiro atoms. The lowest BCUT2D eigenvalue weighted by Gasteiger charge is -2.14. The molecular weight excluding hydrogens is 344 g/mol. The minimum absolute atomic E-state index is 0.0424. The van der Waals surface area contributed by atoms with E-state index in [1.54, 1.807) is 24.3 Å². The van der Waals surface area contributed by atoms with E-state index in [2.05, 4.69) is 4.98 Å². The lowest BCUT2D eigenvalue weighted by atomic mass is 10.1. The monoisotopic (exact) mass is 364 g/mol. The molecule has 1 amide bonds. The van der Waals surface area contributed by atoms with E-state index < -0.39 is 6.09 Å². The summed E-state index contributed by atoms with van der Waals surface area (Å²) in [7, 11) is 0. The van der Waals surface area contributed by atoms with E-state index in [-0.39, 0.29) is 18.5 Å². The lowest BCUT2D eigenvalue weighted by Crippen LogP contribution is -2.27. The standard InChI is InChI=1S/C20H20N4O3/c1-12-8-16-17(23-12)6-3-7-18(16)26-11-15-10-24(20(25)27-15)14-5-2-4-13(9-14)19(21)22/h2-9,15,23H,10-11H2,1H3,(H3,21,22). The topological polar surface area (TPSA) is 104 Å². The molecule has 2 heterocycles. The number of nitrogens with two attached hydrogens (primary N) is 1. The number of amides is 1. The van der Waals surface area contributed by atoms with Gasteiger partial charge in [0.2, 0.25) is 0 Å². The molecule has 0 radical (unpaired) electrons. The number of anilines is 1. The van der Waals surface area contributed by atoms with Crippen molar-refractivity contribution in [3.05, 3.63) is 59.8 Å². The lowest BCUT2D eigenvalue weighted by molar-refractivity contribution is 0.105. The highest BCUT2D eigenvalue weighted by Gasteiger charge is 2.33. The normalized spacial score (nSPS) is 16.6. The third-order valence-corrected chi connectivity index (χ3v) is 4.53. The van der Waals surface area contributed by atoms with Crippen molar-refractivity contribution in [3.63, 3.8) is 0 Å². The number of nitrogen functional groups attached to an aromatic ring is 1. The molecule has 1 unspecified atom stereocenters. The number of hydrogen-bond acceptors (Lipinski definition) is 4. The maximum atomic E-state index is 12.3. The summed E-state index contributed by atoms with van der Waals surface area (Å²) in [6.07, 6.45) is -0.811. The minimum Gasteiger partial charge on any atom is -0.489 e. The van der Waals surface area contributed by atoms with Crippen LogP contribution in [0.4, 0.5) is 10.5 Å². The molecule has 0 saturated carbocycles. The summed E-state index contributed by atoms with van der Waals surface area (Å²) in [6, 6.07) is 14.8. The number of nitrogens with zero attached hydrogens (tertiary/aromatic N) is 1. The molecule has 3 aromatic rings. The van der Waals surface area contributed by atoms with Crippen molar-refractivity contribution >= 4 is 28.5 Å². The zero-order chi connectivity index (χ0) is 19.0. The van der Waals surface area contributed by atoms with Crippen molar-refractivity contribution in [3.8, 4) is 5.75 Å². The fourth-order valence-corrected chi connectivity index (χ4v) is 3.24. The molecule has 7 nitrogen and oxygen atoms in total. The van der Waals surface area contributed by atoms with Gasteiger partial charge in [-0.2, -0.15) is 0 Å². The number of aromatic nitrogens is 1. The van der Waals surface area contributed by atoms with Crippen molar-refractivity contribution in [2.24, 2.45) is 5.73 Å². The van der Waals surface area contributed by atoms with Gasteiger partial charge >= 0.3 is 6.09 Å². The Hall–Kier alpha value is -3.48. The van der Waals surface area contributed by atoms with E-state index >= 15 is 0 Å². The average Bonchev–Trinajstić information content (AvgIpc) is 3.21. The van der Waals surface area contributed by atoms with Gasteiger partial charge in [-0.25, -0.2) is 4.79 Å². The number of carbonyl (C=O) groups excluding carboxylic acids is 1. The van der Waals surface area contributed by atoms with Gasteiger partial charge < -0.3 is 20.2 Å². The molecule has 138 valence electrons. The van der Waals surface area contributed by atoms with Crippen molar-refractivity contribution in [1.82, 2.24) is 4.98 Å². The van der Waals surface area contributed by atoms with Gasteiger partial charge in [-0.05, 0) is 37.3 Å². The van der Waals surface area contributed by atoms with Gasteiger partial charge in [0.25, 0.3) is 0 Å². The van der Waals surface area contributed by atoms with Gasteiger partial charge in [0.05, 0.1) is 6.54 Å². The molecule has 1 saturated heterocycles. The van der Waals surface area contributed by atoms with Gasteiger partial charge in [0.1, 0.15) is 18.2 Å². The molecule has 1 atom stereocenters. The van der Waals surface area contributed by atoms with E-state index in [0.717, 1.165) is 22.3 Å². The number of aromatic amines is 1. The van der Waals surface area contributed by atoms with Gasteiger partial charge in [0.15, 0.2) is 6.10 Å². The van der Waals surface area contributed by atoms with Crippen LogP contribution in [0.5, 0.6) is 5.75 Å². The van der Waals surface area contributed by atoms with Crippen molar-refractivity contribution in [2.75, 3.05) is 18.1 Å². The highest BCUT2D eigenvalue weighted by Crippen LogP contribution is 2.27. The third-order valence-electron chi connectivity index (χ3n) is 4.53. The van der Waals surface area contributed by atoms with Crippen LogP contribution < -0.4 is 15.4 Å². The average molecular weight is 364 g/mol. The molecule has 1 aromatic heterocycles. The third kappa shape index (κ3) is 3.31. The minimum atomic E-state index is -0.431. The molecule has 2 aromatic carbocycles. The van der Waals surface area contributed by atoms with Crippen LogP contribution in [-0.2, 0) is 4.74 Å². The largest absolute Gasteiger partial charge is 0.489 e. The number of hydrogen-bond donors (Lipinski definition) is 3. The highest BCUT2D eigenvalue weighted by atomic mass is 16.6. The fourth-order valence-electron chi connectivity index (χ4n) is 3.24. The van der Waals surface area contributed by atoms with Crippen LogP contribution in [0, 0.1) is 12.3 Å². The Kier molecular flexibility index (Phi) is 4.19. The number of carbonyl (C=O) groups is 1. The Morgan fingerprint density at radius 1 is 1.33 bits per heavy atom. The van der Waals surface area contributed by atoms with Crippen LogP contribution in [0.1, 0.15) is 11.3 Å². The number of rotatable bonds is 5. The Balaban J connectivity index is 1.46. The summed E-state index contributed by atoms with van der Waals surface area (Å²) in [5.41, 5.74) is 8.81. The van der Waals surface area contributed by atoms with Crippen molar-refractivity contribution < 1.29 is 14.3 Å². The number of aryl methyl sites for hydroxylation is 1. The Labute approximate surface area is 156 Å². The number of benzene rings is 2. The number of amidine groups is 1. The number of fused-ring (bicyclic) bond motifs is 1. The van der Waals surface area contributed by atoms with Gasteiger partial charge in [0, 0.05) is 27.8 Å². The zero-order valence-corrected chi connectivity index (χ0v) is 14.9. The first-order chi connectivity index (χ1) is 13.0. The fraction of sp³-hybridized carbons (Fsp3) is 0.200. The summed E-state index contributed by atoms with van der Waals surface area (Å²) in [5, 5.41) is 8.55. The number of H-pyrrole nitrogens is 1. The first-order valence-corrected chi connectivity index (χ1v) is 8.65. The molecule has 1 aliphatic heterocycles. The van der Waals surface area contributed by atoms with Crippen molar-refractivity contribution in [1.29, 1.82) is 5.41 Å². The summed E-state index contributed by atoms with van der Waals surface area (Å²) < 4.78 is 11.4. The van der Waals surface area contributed by atoms with E-state index in [0.29, 0.717) is 17.8 Å².